The molecule has 0 aliphatic rings. The molecule has 0 unspecified atom stereocenters. The summed E-state index contributed by atoms with van der Waals surface area (Å²) in [5, 5.41) is 4.76. The van der Waals surface area contributed by atoms with Crippen LogP contribution in [0.4, 0.5) is 17.1 Å². The Kier molecular flexibility index (Phi) is 8.87. The Labute approximate surface area is 349 Å². The Morgan fingerprint density at radius 3 is 1.67 bits per heavy atom. The van der Waals surface area contributed by atoms with Crippen molar-refractivity contribution in [2.45, 2.75) is 0 Å². The monoisotopic (exact) mass is 765 g/mol. The third-order valence-electron chi connectivity index (χ3n) is 11.7. The molecule has 0 radical (unpaired) electrons. The third kappa shape index (κ3) is 6.51. The van der Waals surface area contributed by atoms with Gasteiger partial charge in [0.2, 0.25) is 0 Å². The molecule has 0 aliphatic carbocycles. The molecule has 1 heterocycles. The van der Waals surface area contributed by atoms with Crippen LogP contribution in [0.2, 0.25) is 0 Å². The van der Waals surface area contributed by atoms with Crippen molar-refractivity contribution >= 4 is 49.8 Å². The minimum atomic E-state index is 0.902. The van der Waals surface area contributed by atoms with Gasteiger partial charge in [0.25, 0.3) is 0 Å². The Hall–Kier alpha value is -7.94. The molecule has 0 fully saturated rings. The fraction of sp³-hybridized carbons (Fsp3) is 0. The molecule has 2 heteroatoms. The zero-order chi connectivity index (χ0) is 39.8. The van der Waals surface area contributed by atoms with Crippen molar-refractivity contribution in [1.82, 2.24) is 0 Å². The summed E-state index contributed by atoms with van der Waals surface area (Å²) < 4.78 is 6.15. The number of anilines is 3. The Morgan fingerprint density at radius 1 is 0.267 bits per heavy atom. The van der Waals surface area contributed by atoms with Gasteiger partial charge in [0.05, 0.1) is 5.69 Å². The molecule has 0 bridgehead atoms. The van der Waals surface area contributed by atoms with E-state index < -0.39 is 0 Å². The third-order valence-corrected chi connectivity index (χ3v) is 11.7. The van der Waals surface area contributed by atoms with Crippen LogP contribution in [0.3, 0.4) is 0 Å². The molecule has 282 valence electrons. The predicted molar refractivity (Wildman–Crippen MR) is 253 cm³/mol. The van der Waals surface area contributed by atoms with E-state index in [9.17, 15) is 0 Å². The summed E-state index contributed by atoms with van der Waals surface area (Å²) in [6.07, 6.45) is 0. The zero-order valence-corrected chi connectivity index (χ0v) is 32.9. The van der Waals surface area contributed by atoms with Crippen LogP contribution in [0.25, 0.3) is 88.3 Å². The average Bonchev–Trinajstić information content (AvgIpc) is 3.70. The standard InChI is InChI=1S/C58H39NO/c1-2-13-40(14-3-1)41-27-29-44(30-28-41)53-22-6-8-25-56(53)59(49-34-31-42(32-35-49)47-33-36-58-55(39-47)54-23-7-9-26-57(54)60-58)50-20-11-18-46(38-50)45-17-10-19-48(37-45)52-24-12-16-43-15-4-5-21-51(43)52/h1-39H. The molecule has 0 spiro atoms. The molecule has 0 saturated heterocycles. The van der Waals surface area contributed by atoms with Gasteiger partial charge in [0, 0.05) is 27.7 Å². The highest BCUT2D eigenvalue weighted by Gasteiger charge is 2.19. The average molecular weight is 766 g/mol. The van der Waals surface area contributed by atoms with Crippen LogP contribution in [-0.4, -0.2) is 0 Å². The lowest BCUT2D eigenvalue weighted by atomic mass is 9.95. The highest BCUT2D eigenvalue weighted by atomic mass is 16.3. The second kappa shape index (κ2) is 15.1. The summed E-state index contributed by atoms with van der Waals surface area (Å²) in [4.78, 5) is 2.40. The van der Waals surface area contributed by atoms with Gasteiger partial charge >= 0.3 is 0 Å². The first-order valence-electron chi connectivity index (χ1n) is 20.5. The second-order valence-corrected chi connectivity index (χ2v) is 15.3. The minimum Gasteiger partial charge on any atom is -0.456 e. The van der Waals surface area contributed by atoms with E-state index in [1.807, 2.05) is 12.1 Å². The van der Waals surface area contributed by atoms with Gasteiger partial charge < -0.3 is 9.32 Å². The molecular formula is C58H39NO. The van der Waals surface area contributed by atoms with E-state index >= 15 is 0 Å². The van der Waals surface area contributed by atoms with Crippen LogP contribution in [0.5, 0.6) is 0 Å². The van der Waals surface area contributed by atoms with Crippen LogP contribution < -0.4 is 4.90 Å². The SMILES string of the molecule is c1ccc(-c2ccc(-c3ccccc3N(c3ccc(-c4ccc5oc6ccccc6c5c4)cc3)c3cccc(-c4cccc(-c5cccc6ccccc56)c4)c3)cc2)cc1. The maximum absolute atomic E-state index is 6.15. The van der Waals surface area contributed by atoms with Gasteiger partial charge in [-0.2, -0.15) is 0 Å². The molecular weight excluding hydrogens is 727 g/mol. The summed E-state index contributed by atoms with van der Waals surface area (Å²) in [5.41, 5.74) is 16.8. The van der Waals surface area contributed by atoms with Gasteiger partial charge in [-0.3, -0.25) is 0 Å². The number of hydrogen-bond donors (Lipinski definition) is 0. The van der Waals surface area contributed by atoms with Crippen molar-refractivity contribution < 1.29 is 4.42 Å². The smallest absolute Gasteiger partial charge is 0.135 e. The van der Waals surface area contributed by atoms with Crippen molar-refractivity contribution in [3.05, 3.63) is 237 Å². The summed E-state index contributed by atoms with van der Waals surface area (Å²) in [5.74, 6) is 0. The quantitative estimate of drug-likeness (QED) is 0.153. The lowest BCUT2D eigenvalue weighted by molar-refractivity contribution is 0.669. The van der Waals surface area contributed by atoms with Gasteiger partial charge in [-0.1, -0.05) is 182 Å². The number of fused-ring (bicyclic) bond motifs is 4. The van der Waals surface area contributed by atoms with Crippen LogP contribution in [0, 0.1) is 0 Å². The van der Waals surface area contributed by atoms with Crippen LogP contribution in [0.15, 0.2) is 241 Å². The van der Waals surface area contributed by atoms with Gasteiger partial charge in [-0.15, -0.1) is 0 Å². The number of para-hydroxylation sites is 2. The molecule has 60 heavy (non-hydrogen) atoms. The van der Waals surface area contributed by atoms with Crippen molar-refractivity contribution in [1.29, 1.82) is 0 Å². The molecule has 0 aliphatic heterocycles. The second-order valence-electron chi connectivity index (χ2n) is 15.3. The molecule has 0 N–H and O–H groups in total. The maximum atomic E-state index is 6.15. The van der Waals surface area contributed by atoms with Gasteiger partial charge in [-0.25, -0.2) is 0 Å². The summed E-state index contributed by atoms with van der Waals surface area (Å²) in [7, 11) is 0. The van der Waals surface area contributed by atoms with E-state index in [1.54, 1.807) is 0 Å². The van der Waals surface area contributed by atoms with E-state index in [2.05, 4.69) is 229 Å². The van der Waals surface area contributed by atoms with Crippen molar-refractivity contribution in [3.63, 3.8) is 0 Å². The first-order chi connectivity index (χ1) is 29.7. The van der Waals surface area contributed by atoms with Crippen LogP contribution >= 0.6 is 0 Å². The first kappa shape index (κ1) is 35.2. The molecule has 0 amide bonds. The fourth-order valence-corrected chi connectivity index (χ4v) is 8.69. The number of nitrogens with zero attached hydrogens (tertiary/aromatic N) is 1. The van der Waals surface area contributed by atoms with E-state index in [4.69, 9.17) is 4.42 Å². The first-order valence-corrected chi connectivity index (χ1v) is 20.5. The van der Waals surface area contributed by atoms with E-state index in [0.29, 0.717) is 0 Å². The summed E-state index contributed by atoms with van der Waals surface area (Å²) >= 11 is 0. The molecule has 11 aromatic rings. The minimum absolute atomic E-state index is 0.902. The number of furan rings is 1. The highest BCUT2D eigenvalue weighted by molar-refractivity contribution is 6.06. The zero-order valence-electron chi connectivity index (χ0n) is 32.9. The van der Waals surface area contributed by atoms with Gasteiger partial charge in [-0.05, 0) is 115 Å². The van der Waals surface area contributed by atoms with E-state index in [-0.39, 0.29) is 0 Å². The Balaban J connectivity index is 1.02. The molecule has 11 rings (SSSR count). The molecule has 0 atom stereocenters. The lowest BCUT2D eigenvalue weighted by Crippen LogP contribution is -2.11. The largest absolute Gasteiger partial charge is 0.456 e. The molecule has 0 saturated carbocycles. The number of benzene rings is 10. The normalized spacial score (nSPS) is 11.3. The van der Waals surface area contributed by atoms with E-state index in [0.717, 1.165) is 66.8 Å². The summed E-state index contributed by atoms with van der Waals surface area (Å²) in [6.45, 7) is 0. The Morgan fingerprint density at radius 2 is 0.800 bits per heavy atom. The van der Waals surface area contributed by atoms with Crippen molar-refractivity contribution in [2.75, 3.05) is 4.90 Å². The molecule has 2 nitrogen and oxygen atoms in total. The van der Waals surface area contributed by atoms with Gasteiger partial charge in [0.1, 0.15) is 11.2 Å². The fourth-order valence-electron chi connectivity index (χ4n) is 8.69. The number of hydrogen-bond acceptors (Lipinski definition) is 2. The molecule has 1 aromatic heterocycles. The van der Waals surface area contributed by atoms with Crippen molar-refractivity contribution in [2.24, 2.45) is 0 Å². The topological polar surface area (TPSA) is 16.4 Å². The van der Waals surface area contributed by atoms with Crippen molar-refractivity contribution in [3.8, 4) is 55.6 Å². The lowest BCUT2D eigenvalue weighted by Gasteiger charge is -2.28. The molecule has 10 aromatic carbocycles. The predicted octanol–water partition coefficient (Wildman–Crippen LogP) is 16.5. The summed E-state index contributed by atoms with van der Waals surface area (Å²) in [6, 6.07) is 85.0. The highest BCUT2D eigenvalue weighted by Crippen LogP contribution is 2.43. The van der Waals surface area contributed by atoms with E-state index in [1.165, 1.54) is 38.6 Å². The number of rotatable bonds is 8. The van der Waals surface area contributed by atoms with Crippen LogP contribution in [0.1, 0.15) is 0 Å². The van der Waals surface area contributed by atoms with Gasteiger partial charge in [0.15, 0.2) is 0 Å². The Bertz CT molecular complexity index is 3300. The van der Waals surface area contributed by atoms with Crippen LogP contribution in [-0.2, 0) is 0 Å². The maximum Gasteiger partial charge on any atom is 0.135 e.